The van der Waals surface area contributed by atoms with Crippen LogP contribution in [0.2, 0.25) is 0 Å². The van der Waals surface area contributed by atoms with Crippen LogP contribution in [-0.4, -0.2) is 19.7 Å². The molecule has 0 aliphatic heterocycles. The van der Waals surface area contributed by atoms with Crippen molar-refractivity contribution in [3.05, 3.63) is 30.3 Å². The topological polar surface area (TPSA) is 21.3 Å². The first kappa shape index (κ1) is 14.4. The molecule has 0 radical (unpaired) electrons. The lowest BCUT2D eigenvalue weighted by Crippen LogP contribution is -2.27. The SMILES string of the molecule is CC1CCC(CNCCCOc2ccccc2)CC1. The Balaban J connectivity index is 1.46. The summed E-state index contributed by atoms with van der Waals surface area (Å²) in [6.45, 7) is 5.44. The molecule has 0 heterocycles. The van der Waals surface area contributed by atoms with Crippen molar-refractivity contribution < 1.29 is 4.74 Å². The highest BCUT2D eigenvalue weighted by Crippen LogP contribution is 2.27. The first-order chi connectivity index (χ1) is 9.34. The summed E-state index contributed by atoms with van der Waals surface area (Å²) in [6.07, 6.45) is 6.74. The maximum absolute atomic E-state index is 5.67. The minimum absolute atomic E-state index is 0.804. The largest absolute Gasteiger partial charge is 0.494 e. The molecule has 2 rings (SSSR count). The smallest absolute Gasteiger partial charge is 0.119 e. The Labute approximate surface area is 117 Å². The molecule has 0 saturated heterocycles. The van der Waals surface area contributed by atoms with Crippen LogP contribution in [0.5, 0.6) is 5.75 Å². The Hall–Kier alpha value is -1.02. The van der Waals surface area contributed by atoms with Crippen LogP contribution in [0.25, 0.3) is 0 Å². The Morgan fingerprint density at radius 2 is 1.84 bits per heavy atom. The van der Waals surface area contributed by atoms with Gasteiger partial charge in [-0.05, 0) is 56.3 Å². The summed E-state index contributed by atoms with van der Waals surface area (Å²) < 4.78 is 5.67. The van der Waals surface area contributed by atoms with Crippen LogP contribution in [0, 0.1) is 11.8 Å². The van der Waals surface area contributed by atoms with Crippen LogP contribution in [0.3, 0.4) is 0 Å². The molecule has 1 aliphatic carbocycles. The Morgan fingerprint density at radius 1 is 1.11 bits per heavy atom. The van der Waals surface area contributed by atoms with Crippen LogP contribution in [0.4, 0.5) is 0 Å². The van der Waals surface area contributed by atoms with Crippen molar-refractivity contribution in [1.29, 1.82) is 0 Å². The third-order valence-electron chi connectivity index (χ3n) is 4.08. The molecule has 0 spiro atoms. The molecule has 0 bridgehead atoms. The van der Waals surface area contributed by atoms with Gasteiger partial charge in [0.1, 0.15) is 5.75 Å². The van der Waals surface area contributed by atoms with Gasteiger partial charge in [0, 0.05) is 0 Å². The summed E-state index contributed by atoms with van der Waals surface area (Å²) in [5.74, 6) is 2.84. The van der Waals surface area contributed by atoms with Crippen molar-refractivity contribution in [2.24, 2.45) is 11.8 Å². The Morgan fingerprint density at radius 3 is 2.58 bits per heavy atom. The standard InChI is InChI=1S/C17H27NO/c1-15-8-10-16(11-9-15)14-18-12-5-13-19-17-6-3-2-4-7-17/h2-4,6-7,15-16,18H,5,8-14H2,1H3. The van der Waals surface area contributed by atoms with Gasteiger partial charge in [-0.3, -0.25) is 0 Å². The van der Waals surface area contributed by atoms with Gasteiger partial charge in [0.2, 0.25) is 0 Å². The van der Waals surface area contributed by atoms with Crippen LogP contribution in [0.15, 0.2) is 30.3 Å². The molecule has 1 aromatic rings. The van der Waals surface area contributed by atoms with Crippen molar-refractivity contribution in [2.45, 2.75) is 39.0 Å². The summed E-state index contributed by atoms with van der Waals surface area (Å²) in [6, 6.07) is 10.1. The molecule has 0 amide bonds. The van der Waals surface area contributed by atoms with Gasteiger partial charge in [0.05, 0.1) is 6.61 Å². The monoisotopic (exact) mass is 261 g/mol. The summed E-state index contributed by atoms with van der Waals surface area (Å²) in [5.41, 5.74) is 0. The summed E-state index contributed by atoms with van der Waals surface area (Å²) in [7, 11) is 0. The Kier molecular flexibility index (Phi) is 6.22. The number of ether oxygens (including phenoxy) is 1. The molecule has 2 heteroatoms. The van der Waals surface area contributed by atoms with E-state index < -0.39 is 0 Å². The van der Waals surface area contributed by atoms with Gasteiger partial charge in [0.15, 0.2) is 0 Å². The van der Waals surface area contributed by atoms with E-state index in [1.165, 1.54) is 32.2 Å². The molecular weight excluding hydrogens is 234 g/mol. The molecule has 1 fully saturated rings. The van der Waals surface area contributed by atoms with Gasteiger partial charge in [-0.25, -0.2) is 0 Å². The van der Waals surface area contributed by atoms with E-state index in [0.29, 0.717) is 0 Å². The normalized spacial score (nSPS) is 23.2. The maximum atomic E-state index is 5.67. The van der Waals surface area contributed by atoms with Crippen LogP contribution in [-0.2, 0) is 0 Å². The third-order valence-corrected chi connectivity index (χ3v) is 4.08. The van der Waals surface area contributed by atoms with E-state index in [2.05, 4.69) is 12.2 Å². The first-order valence-electron chi connectivity index (χ1n) is 7.73. The van der Waals surface area contributed by atoms with E-state index >= 15 is 0 Å². The number of hydrogen-bond acceptors (Lipinski definition) is 2. The van der Waals surface area contributed by atoms with Gasteiger partial charge < -0.3 is 10.1 Å². The average Bonchev–Trinajstić information content (AvgIpc) is 2.46. The molecule has 0 atom stereocenters. The predicted octanol–water partition coefficient (Wildman–Crippen LogP) is 3.87. The zero-order valence-electron chi connectivity index (χ0n) is 12.1. The van der Waals surface area contributed by atoms with E-state index in [1.54, 1.807) is 0 Å². The van der Waals surface area contributed by atoms with E-state index in [9.17, 15) is 0 Å². The highest BCUT2D eigenvalue weighted by atomic mass is 16.5. The van der Waals surface area contributed by atoms with Crippen LogP contribution in [0.1, 0.15) is 39.0 Å². The minimum atomic E-state index is 0.804. The summed E-state index contributed by atoms with van der Waals surface area (Å²) >= 11 is 0. The fourth-order valence-corrected chi connectivity index (χ4v) is 2.74. The molecule has 1 N–H and O–H groups in total. The van der Waals surface area contributed by atoms with Crippen LogP contribution < -0.4 is 10.1 Å². The van der Waals surface area contributed by atoms with Gasteiger partial charge in [-0.2, -0.15) is 0 Å². The second-order valence-electron chi connectivity index (χ2n) is 5.85. The van der Waals surface area contributed by atoms with Crippen molar-refractivity contribution >= 4 is 0 Å². The van der Waals surface area contributed by atoms with E-state index in [4.69, 9.17) is 4.74 Å². The molecule has 2 nitrogen and oxygen atoms in total. The van der Waals surface area contributed by atoms with Gasteiger partial charge in [-0.15, -0.1) is 0 Å². The van der Waals surface area contributed by atoms with Gasteiger partial charge >= 0.3 is 0 Å². The molecule has 0 unspecified atom stereocenters. The van der Waals surface area contributed by atoms with Crippen molar-refractivity contribution in [3.8, 4) is 5.75 Å². The second kappa shape index (κ2) is 8.21. The molecule has 19 heavy (non-hydrogen) atoms. The highest BCUT2D eigenvalue weighted by molar-refractivity contribution is 5.20. The van der Waals surface area contributed by atoms with E-state index in [0.717, 1.165) is 37.2 Å². The molecule has 0 aromatic heterocycles. The maximum Gasteiger partial charge on any atom is 0.119 e. The Bertz CT molecular complexity index is 330. The second-order valence-corrected chi connectivity index (χ2v) is 5.85. The number of rotatable bonds is 7. The predicted molar refractivity (Wildman–Crippen MR) is 80.5 cm³/mol. The quantitative estimate of drug-likeness (QED) is 0.752. The molecule has 1 saturated carbocycles. The zero-order chi connectivity index (χ0) is 13.3. The molecular formula is C17H27NO. The number of benzene rings is 1. The van der Waals surface area contributed by atoms with Crippen molar-refractivity contribution in [3.63, 3.8) is 0 Å². The average molecular weight is 261 g/mol. The number of hydrogen-bond donors (Lipinski definition) is 1. The lowest BCUT2D eigenvalue weighted by Gasteiger charge is -2.26. The van der Waals surface area contributed by atoms with Gasteiger partial charge in [-0.1, -0.05) is 38.0 Å². The lowest BCUT2D eigenvalue weighted by molar-refractivity contribution is 0.274. The number of para-hydroxylation sites is 1. The van der Waals surface area contributed by atoms with E-state index in [1.807, 2.05) is 30.3 Å². The third kappa shape index (κ3) is 5.65. The fraction of sp³-hybridized carbons (Fsp3) is 0.647. The van der Waals surface area contributed by atoms with Crippen molar-refractivity contribution in [1.82, 2.24) is 5.32 Å². The highest BCUT2D eigenvalue weighted by Gasteiger charge is 2.17. The number of nitrogens with one attached hydrogen (secondary N) is 1. The van der Waals surface area contributed by atoms with Gasteiger partial charge in [0.25, 0.3) is 0 Å². The van der Waals surface area contributed by atoms with E-state index in [-0.39, 0.29) is 0 Å². The molecule has 106 valence electrons. The lowest BCUT2D eigenvalue weighted by atomic mass is 9.83. The minimum Gasteiger partial charge on any atom is -0.494 e. The van der Waals surface area contributed by atoms with Crippen molar-refractivity contribution in [2.75, 3.05) is 19.7 Å². The molecule has 1 aromatic carbocycles. The zero-order valence-corrected chi connectivity index (χ0v) is 12.1. The summed E-state index contributed by atoms with van der Waals surface area (Å²) in [4.78, 5) is 0. The van der Waals surface area contributed by atoms with Crippen LogP contribution >= 0.6 is 0 Å². The fourth-order valence-electron chi connectivity index (χ4n) is 2.74. The molecule has 1 aliphatic rings. The summed E-state index contributed by atoms with van der Waals surface area (Å²) in [5, 5.41) is 3.58. The first-order valence-corrected chi connectivity index (χ1v) is 7.73.